The fourth-order valence-electron chi connectivity index (χ4n) is 23.5. The average molecular weight is 1850 g/mol. The van der Waals surface area contributed by atoms with Gasteiger partial charge in [0.05, 0.1) is 0 Å². The topological polar surface area (TPSA) is 39.4 Å². The third-order valence-electron chi connectivity index (χ3n) is 29.6. The summed E-state index contributed by atoms with van der Waals surface area (Å²) in [6.07, 6.45) is 0. The van der Waals surface area contributed by atoms with Crippen molar-refractivity contribution in [3.05, 3.63) is 533 Å². The zero-order chi connectivity index (χ0) is 96.1. The molecule has 29 aromatic rings. The molecule has 3 aromatic heterocycles. The lowest BCUT2D eigenvalue weighted by Crippen LogP contribution is -1.94. The molecule has 3 heteroatoms. The molecule has 0 radical (unpaired) electrons. The van der Waals surface area contributed by atoms with Gasteiger partial charge < -0.3 is 13.3 Å². The molecule has 0 unspecified atom stereocenters. The van der Waals surface area contributed by atoms with Crippen LogP contribution in [-0.2, 0) is 0 Å². The van der Waals surface area contributed by atoms with Gasteiger partial charge in [0.25, 0.3) is 0 Å². The van der Waals surface area contributed by atoms with E-state index in [2.05, 4.69) is 536 Å². The second-order valence-electron chi connectivity index (χ2n) is 38.2. The number of aryl methyl sites for hydroxylation is 2. The van der Waals surface area contributed by atoms with Crippen LogP contribution in [0, 0.1) is 13.8 Å². The van der Waals surface area contributed by atoms with Gasteiger partial charge in [-0.15, -0.1) is 0 Å². The highest BCUT2D eigenvalue weighted by atomic mass is 16.3. The molecule has 0 aliphatic heterocycles. The second-order valence-corrected chi connectivity index (χ2v) is 38.2. The first-order chi connectivity index (χ1) is 71.8. The number of para-hydroxylation sites is 3. The van der Waals surface area contributed by atoms with Crippen molar-refractivity contribution in [2.45, 2.75) is 13.8 Å². The van der Waals surface area contributed by atoms with Gasteiger partial charge in [-0.05, 0) is 278 Å². The number of furan rings is 3. The van der Waals surface area contributed by atoms with E-state index in [0.717, 1.165) is 77.1 Å². The van der Waals surface area contributed by atoms with Crippen LogP contribution in [0.5, 0.6) is 0 Å². The van der Waals surface area contributed by atoms with Gasteiger partial charge in [-0.2, -0.15) is 0 Å². The highest BCUT2D eigenvalue weighted by molar-refractivity contribution is 6.32. The van der Waals surface area contributed by atoms with Gasteiger partial charge >= 0.3 is 0 Å². The molecule has 145 heavy (non-hydrogen) atoms. The molecule has 0 spiro atoms. The van der Waals surface area contributed by atoms with Crippen molar-refractivity contribution < 1.29 is 13.3 Å². The van der Waals surface area contributed by atoms with Crippen molar-refractivity contribution in [2.75, 3.05) is 0 Å². The summed E-state index contributed by atoms with van der Waals surface area (Å²) in [7, 11) is 0. The van der Waals surface area contributed by atoms with Gasteiger partial charge in [-0.3, -0.25) is 0 Å². The minimum Gasteiger partial charge on any atom is -0.456 e. The highest BCUT2D eigenvalue weighted by Gasteiger charge is 2.30. The molecule has 3 nitrogen and oxygen atoms in total. The van der Waals surface area contributed by atoms with Crippen LogP contribution >= 0.6 is 0 Å². The second kappa shape index (κ2) is 35.8. The van der Waals surface area contributed by atoms with Crippen LogP contribution in [0.15, 0.2) is 535 Å². The summed E-state index contributed by atoms with van der Waals surface area (Å²) in [4.78, 5) is 0. The molecule has 26 aromatic carbocycles. The number of hydrogen-bond acceptors (Lipinski definition) is 3. The van der Waals surface area contributed by atoms with E-state index in [-0.39, 0.29) is 0 Å². The number of benzene rings is 26. The SMILES string of the molecule is Cc1cc(C)cc(-c2ccc3oc4ccccc4c3c2-c2c3ccccc3c(-c3ccccc3)c3ccccc23)c1.c1ccc(-c2cc(-c3ccccc3)cc(-c3ccc4oc5ccccc5c4c3-c3c4ccccc4c(-c4ccccc4)c4ccccc34)c2)cc1.c1ccc(-c2ccc(-c3cc(-c4c5ccccc5c(-c5cccc6ccccc56)c5ccccc45)cc4c3oc3ccccc34)c3ccccc23)cc1. The lowest BCUT2D eigenvalue weighted by molar-refractivity contribution is 0.668. The number of rotatable bonds is 12. The molecule has 0 bridgehead atoms. The average Bonchev–Trinajstić information content (AvgIpc) is 1.69. The lowest BCUT2D eigenvalue weighted by Gasteiger charge is -2.21. The molecule has 0 N–H and O–H groups in total. The van der Waals surface area contributed by atoms with E-state index in [1.165, 1.54) is 220 Å². The quantitative estimate of drug-likeness (QED) is 0.114. The van der Waals surface area contributed by atoms with Crippen LogP contribution in [0.25, 0.3) is 286 Å². The minimum atomic E-state index is 0.887. The van der Waals surface area contributed by atoms with Crippen LogP contribution in [-0.4, -0.2) is 0 Å². The normalized spacial score (nSPS) is 11.7. The van der Waals surface area contributed by atoms with E-state index in [4.69, 9.17) is 13.3 Å². The predicted molar refractivity (Wildman–Crippen MR) is 616 cm³/mol. The van der Waals surface area contributed by atoms with Crippen molar-refractivity contribution in [1.29, 1.82) is 0 Å². The van der Waals surface area contributed by atoms with Gasteiger partial charge in [-0.1, -0.05) is 472 Å². The Morgan fingerprint density at radius 1 is 0.124 bits per heavy atom. The van der Waals surface area contributed by atoms with Crippen molar-refractivity contribution >= 4 is 152 Å². The molecule has 0 aliphatic rings. The van der Waals surface area contributed by atoms with E-state index < -0.39 is 0 Å². The maximum Gasteiger partial charge on any atom is 0.143 e. The van der Waals surface area contributed by atoms with Crippen LogP contribution < -0.4 is 0 Å². The van der Waals surface area contributed by atoms with E-state index in [1.807, 2.05) is 0 Å². The van der Waals surface area contributed by atoms with Crippen LogP contribution in [0.4, 0.5) is 0 Å². The van der Waals surface area contributed by atoms with E-state index in [9.17, 15) is 0 Å². The third kappa shape index (κ3) is 14.7. The first-order valence-electron chi connectivity index (χ1n) is 50.0. The Morgan fingerprint density at radius 3 is 0.862 bits per heavy atom. The predicted octanol–water partition coefficient (Wildman–Crippen LogP) is 40.6. The Hall–Kier alpha value is -18.8. The number of fused-ring (bicyclic) bond motifs is 17. The smallest absolute Gasteiger partial charge is 0.143 e. The molecular formula is C142H92O3. The Morgan fingerprint density at radius 2 is 0.428 bits per heavy atom. The van der Waals surface area contributed by atoms with Gasteiger partial charge in [0.1, 0.15) is 33.5 Å². The Balaban J connectivity index is 0.000000109. The Bertz CT molecular complexity index is 9960. The molecule has 3 heterocycles. The third-order valence-corrected chi connectivity index (χ3v) is 29.6. The minimum absolute atomic E-state index is 0.887. The van der Waals surface area contributed by atoms with Crippen LogP contribution in [0.3, 0.4) is 0 Å². The van der Waals surface area contributed by atoms with Gasteiger partial charge in [-0.25, -0.2) is 0 Å². The zero-order valence-electron chi connectivity index (χ0n) is 79.9. The summed E-state index contributed by atoms with van der Waals surface area (Å²) < 4.78 is 19.9. The molecule has 0 saturated carbocycles. The zero-order valence-corrected chi connectivity index (χ0v) is 79.9. The summed E-state index contributed by atoms with van der Waals surface area (Å²) in [5.41, 5.74) is 37.0. The summed E-state index contributed by atoms with van der Waals surface area (Å²) in [5.74, 6) is 0. The first-order valence-corrected chi connectivity index (χ1v) is 50.0. The maximum absolute atomic E-state index is 6.79. The van der Waals surface area contributed by atoms with Gasteiger partial charge in [0.15, 0.2) is 0 Å². The van der Waals surface area contributed by atoms with Gasteiger partial charge in [0.2, 0.25) is 0 Å². The lowest BCUT2D eigenvalue weighted by atomic mass is 9.81. The van der Waals surface area contributed by atoms with Crippen LogP contribution in [0.1, 0.15) is 11.1 Å². The van der Waals surface area contributed by atoms with E-state index >= 15 is 0 Å². The summed E-state index contributed by atoms with van der Waals surface area (Å²) in [6.45, 7) is 4.36. The standard InChI is InChI=1S/C52H32O.C50H32O.C40H28O/c1-2-15-33(16-3-1)37-29-30-40(39-21-7-6-20-38(37)39)47-31-35(32-48-41-22-12-13-28-49(41)53-52(47)48)50-43-23-8-10-25-45(43)51(46-26-11-9-24-44(46)50)42-27-14-18-34-17-4-5-19-36(34)42;1-4-16-33(17-5-1)36-30-37(34-18-6-2-7-19-34)32-38(31-36)39-28-29-46-49(44-26-14-15-27-45(44)51-46)50(39)48-42-24-12-10-22-40(42)47(35-20-8-3-9-21-35)41-23-11-13-25-43(41)48;1-25-22-26(2)24-28(23-25)29-20-21-36-39(34-18-10-11-19-35(34)41-36)40(29)38-32-16-8-6-14-30(32)37(27-12-4-3-5-13-27)31-15-7-9-17-33(31)38/h1-32H;1-32H;3-24H,1-2H3. The van der Waals surface area contributed by atoms with Crippen molar-refractivity contribution in [3.8, 4) is 134 Å². The maximum atomic E-state index is 6.79. The number of hydrogen-bond donors (Lipinski definition) is 0. The largest absolute Gasteiger partial charge is 0.456 e. The van der Waals surface area contributed by atoms with Crippen molar-refractivity contribution in [2.24, 2.45) is 0 Å². The monoisotopic (exact) mass is 1840 g/mol. The molecule has 0 fully saturated rings. The first kappa shape index (κ1) is 85.4. The fraction of sp³-hybridized carbons (Fsp3) is 0.0141. The van der Waals surface area contributed by atoms with Crippen molar-refractivity contribution in [1.82, 2.24) is 0 Å². The summed E-state index contributed by atoms with van der Waals surface area (Å²) in [6, 6.07) is 189. The molecule has 0 amide bonds. The molecule has 29 rings (SSSR count). The molecule has 678 valence electrons. The Kier molecular flexibility index (Phi) is 21.1. The summed E-state index contributed by atoms with van der Waals surface area (Å²) >= 11 is 0. The van der Waals surface area contributed by atoms with Gasteiger partial charge in [0, 0.05) is 49.0 Å². The van der Waals surface area contributed by atoms with E-state index in [0.29, 0.717) is 0 Å². The molecular weight excluding hydrogens is 1750 g/mol. The highest BCUT2D eigenvalue weighted by Crippen LogP contribution is 2.56. The molecule has 0 aliphatic carbocycles. The van der Waals surface area contributed by atoms with Crippen molar-refractivity contribution in [3.63, 3.8) is 0 Å². The Labute approximate surface area is 839 Å². The molecule has 0 atom stereocenters. The molecule has 0 saturated heterocycles. The fourth-order valence-corrected chi connectivity index (χ4v) is 23.5. The van der Waals surface area contributed by atoms with Crippen LogP contribution in [0.2, 0.25) is 0 Å². The van der Waals surface area contributed by atoms with E-state index in [1.54, 1.807) is 0 Å². The summed E-state index contributed by atoms with van der Waals surface area (Å²) in [5, 5.41) is 26.6.